The first-order chi connectivity index (χ1) is 10.3. The van der Waals surface area contributed by atoms with Crippen molar-refractivity contribution in [3.8, 4) is 0 Å². The summed E-state index contributed by atoms with van der Waals surface area (Å²) < 4.78 is 0. The number of piperidine rings is 1. The van der Waals surface area contributed by atoms with Gasteiger partial charge in [0, 0.05) is 42.9 Å². The summed E-state index contributed by atoms with van der Waals surface area (Å²) in [6, 6.07) is 15.2. The second-order valence-electron chi connectivity index (χ2n) is 5.94. The highest BCUT2D eigenvalue weighted by atomic mass is 15.2. The summed E-state index contributed by atoms with van der Waals surface area (Å²) >= 11 is 0. The Morgan fingerprint density at radius 3 is 2.62 bits per heavy atom. The molecule has 1 N–H and O–H groups in total. The molecule has 2 aromatic rings. The number of hydrogen-bond donors (Lipinski definition) is 1. The van der Waals surface area contributed by atoms with E-state index in [1.807, 2.05) is 12.4 Å². The fourth-order valence-corrected chi connectivity index (χ4v) is 3.06. The lowest BCUT2D eigenvalue weighted by molar-refractivity contribution is 0.383. The zero-order valence-electron chi connectivity index (χ0n) is 12.6. The molecular weight excluding hydrogens is 258 g/mol. The van der Waals surface area contributed by atoms with E-state index in [2.05, 4.69) is 64.6 Å². The van der Waals surface area contributed by atoms with Gasteiger partial charge in [-0.1, -0.05) is 25.1 Å². The minimum absolute atomic E-state index is 0.545. The van der Waals surface area contributed by atoms with Gasteiger partial charge in [0.25, 0.3) is 0 Å². The molecule has 1 aromatic heterocycles. The van der Waals surface area contributed by atoms with Crippen molar-refractivity contribution in [3.63, 3.8) is 0 Å². The van der Waals surface area contributed by atoms with Crippen LogP contribution in [0.5, 0.6) is 0 Å². The quantitative estimate of drug-likeness (QED) is 0.924. The third-order valence-electron chi connectivity index (χ3n) is 4.25. The number of nitrogens with zero attached hydrogens (tertiary/aromatic N) is 2. The van der Waals surface area contributed by atoms with E-state index in [1.54, 1.807) is 0 Å². The summed E-state index contributed by atoms with van der Waals surface area (Å²) in [5.41, 5.74) is 2.49. The van der Waals surface area contributed by atoms with Crippen LogP contribution in [0, 0.1) is 5.92 Å². The smallest absolute Gasteiger partial charge is 0.0462 e. The van der Waals surface area contributed by atoms with Crippen LogP contribution >= 0.6 is 0 Å². The molecule has 3 heteroatoms. The van der Waals surface area contributed by atoms with Crippen LogP contribution in [0.1, 0.15) is 19.8 Å². The number of anilines is 2. The Balaban J connectivity index is 1.69. The van der Waals surface area contributed by atoms with E-state index < -0.39 is 0 Å². The van der Waals surface area contributed by atoms with E-state index >= 15 is 0 Å². The van der Waals surface area contributed by atoms with Gasteiger partial charge < -0.3 is 10.2 Å². The van der Waals surface area contributed by atoms with Gasteiger partial charge >= 0.3 is 0 Å². The zero-order chi connectivity index (χ0) is 14.5. The fraction of sp³-hybridized carbons (Fsp3) is 0.389. The van der Waals surface area contributed by atoms with Gasteiger partial charge in [-0.15, -0.1) is 0 Å². The van der Waals surface area contributed by atoms with Crippen LogP contribution in [-0.2, 0) is 0 Å². The highest BCUT2D eigenvalue weighted by Crippen LogP contribution is 2.27. The molecular formula is C18H23N3. The molecule has 2 unspecified atom stereocenters. The lowest BCUT2D eigenvalue weighted by Gasteiger charge is -2.40. The molecule has 3 rings (SSSR count). The molecule has 0 spiro atoms. The van der Waals surface area contributed by atoms with Gasteiger partial charge in [-0.25, -0.2) is 0 Å². The Morgan fingerprint density at radius 1 is 1.10 bits per heavy atom. The number of nitrogens with one attached hydrogen (secondary N) is 1. The predicted octanol–water partition coefficient (Wildman–Crippen LogP) is 3.80. The summed E-state index contributed by atoms with van der Waals surface area (Å²) in [6.45, 7) is 4.46. The maximum absolute atomic E-state index is 4.14. The first-order valence-electron chi connectivity index (χ1n) is 7.78. The summed E-state index contributed by atoms with van der Waals surface area (Å²) in [5.74, 6) is 0.756. The SMILES string of the molecule is CC1CCC(CNc2ccccc2)N(c2ccncc2)C1. The number of rotatable bonds is 4. The molecule has 1 aliphatic rings. The van der Waals surface area contributed by atoms with Gasteiger partial charge in [-0.2, -0.15) is 0 Å². The predicted molar refractivity (Wildman–Crippen MR) is 88.7 cm³/mol. The Morgan fingerprint density at radius 2 is 1.86 bits per heavy atom. The molecule has 0 aliphatic carbocycles. The maximum atomic E-state index is 4.14. The molecule has 3 nitrogen and oxygen atoms in total. The minimum atomic E-state index is 0.545. The third-order valence-corrected chi connectivity index (χ3v) is 4.25. The van der Waals surface area contributed by atoms with Crippen LogP contribution in [0.25, 0.3) is 0 Å². The monoisotopic (exact) mass is 281 g/mol. The molecule has 21 heavy (non-hydrogen) atoms. The summed E-state index contributed by atoms with van der Waals surface area (Å²) in [6.07, 6.45) is 6.32. The Bertz CT molecular complexity index is 541. The number of para-hydroxylation sites is 1. The second kappa shape index (κ2) is 6.61. The molecule has 2 atom stereocenters. The van der Waals surface area contributed by atoms with E-state index in [0.29, 0.717) is 6.04 Å². The van der Waals surface area contributed by atoms with Crippen LogP contribution in [0.2, 0.25) is 0 Å². The van der Waals surface area contributed by atoms with Crippen LogP contribution < -0.4 is 10.2 Å². The van der Waals surface area contributed by atoms with Crippen molar-refractivity contribution in [2.45, 2.75) is 25.8 Å². The third kappa shape index (κ3) is 3.54. The van der Waals surface area contributed by atoms with E-state index in [1.165, 1.54) is 24.2 Å². The van der Waals surface area contributed by atoms with Crippen molar-refractivity contribution in [2.75, 3.05) is 23.3 Å². The number of aromatic nitrogens is 1. The van der Waals surface area contributed by atoms with Crippen molar-refractivity contribution in [1.82, 2.24) is 4.98 Å². The van der Waals surface area contributed by atoms with E-state index in [-0.39, 0.29) is 0 Å². The molecule has 1 aliphatic heterocycles. The van der Waals surface area contributed by atoms with Crippen molar-refractivity contribution in [3.05, 3.63) is 54.9 Å². The van der Waals surface area contributed by atoms with E-state index in [4.69, 9.17) is 0 Å². The van der Waals surface area contributed by atoms with Gasteiger partial charge in [-0.3, -0.25) is 4.98 Å². The first kappa shape index (κ1) is 13.9. The van der Waals surface area contributed by atoms with Crippen molar-refractivity contribution in [1.29, 1.82) is 0 Å². The lowest BCUT2D eigenvalue weighted by Crippen LogP contribution is -2.46. The molecule has 1 saturated heterocycles. The second-order valence-corrected chi connectivity index (χ2v) is 5.94. The molecule has 0 bridgehead atoms. The number of pyridine rings is 1. The van der Waals surface area contributed by atoms with E-state index in [9.17, 15) is 0 Å². The topological polar surface area (TPSA) is 28.2 Å². The first-order valence-corrected chi connectivity index (χ1v) is 7.78. The molecule has 0 saturated carbocycles. The van der Waals surface area contributed by atoms with Gasteiger partial charge in [0.2, 0.25) is 0 Å². The van der Waals surface area contributed by atoms with Crippen LogP contribution in [-0.4, -0.2) is 24.1 Å². The molecule has 1 aromatic carbocycles. The molecule has 2 heterocycles. The molecule has 110 valence electrons. The number of hydrogen-bond acceptors (Lipinski definition) is 3. The normalized spacial score (nSPS) is 22.0. The summed E-state index contributed by atoms with van der Waals surface area (Å²) in [5, 5.41) is 3.57. The van der Waals surface area contributed by atoms with Crippen molar-refractivity contribution >= 4 is 11.4 Å². The van der Waals surface area contributed by atoms with Gasteiger partial charge in [0.1, 0.15) is 0 Å². The van der Waals surface area contributed by atoms with Gasteiger partial charge in [-0.05, 0) is 43.0 Å². The average Bonchev–Trinajstić information content (AvgIpc) is 2.55. The maximum Gasteiger partial charge on any atom is 0.0462 e. The standard InChI is InChI=1S/C18H23N3/c1-15-7-8-18(13-20-16-5-3-2-4-6-16)21(14-15)17-9-11-19-12-10-17/h2-6,9-12,15,18,20H,7-8,13-14H2,1H3. The van der Waals surface area contributed by atoms with Gasteiger partial charge in [0.05, 0.1) is 0 Å². The van der Waals surface area contributed by atoms with Crippen molar-refractivity contribution in [2.24, 2.45) is 5.92 Å². The fourth-order valence-electron chi connectivity index (χ4n) is 3.06. The summed E-state index contributed by atoms with van der Waals surface area (Å²) in [7, 11) is 0. The Kier molecular flexibility index (Phi) is 4.39. The largest absolute Gasteiger partial charge is 0.383 e. The minimum Gasteiger partial charge on any atom is -0.383 e. The molecule has 0 amide bonds. The molecule has 1 fully saturated rings. The average molecular weight is 281 g/mol. The highest BCUT2D eigenvalue weighted by Gasteiger charge is 2.26. The summed E-state index contributed by atoms with van der Waals surface area (Å²) in [4.78, 5) is 6.67. The number of benzene rings is 1. The van der Waals surface area contributed by atoms with Crippen LogP contribution in [0.3, 0.4) is 0 Å². The Hall–Kier alpha value is -2.03. The van der Waals surface area contributed by atoms with Crippen molar-refractivity contribution < 1.29 is 0 Å². The zero-order valence-corrected chi connectivity index (χ0v) is 12.6. The Labute approximate surface area is 127 Å². The van der Waals surface area contributed by atoms with Gasteiger partial charge in [0.15, 0.2) is 0 Å². The highest BCUT2D eigenvalue weighted by molar-refractivity contribution is 5.48. The molecule has 0 radical (unpaired) electrons. The van der Waals surface area contributed by atoms with Crippen LogP contribution in [0.15, 0.2) is 54.9 Å². The van der Waals surface area contributed by atoms with E-state index in [0.717, 1.165) is 19.0 Å². The lowest BCUT2D eigenvalue weighted by atomic mass is 9.93. The van der Waals surface area contributed by atoms with Crippen LogP contribution in [0.4, 0.5) is 11.4 Å².